The van der Waals surface area contributed by atoms with Gasteiger partial charge in [0, 0.05) is 19.4 Å². The third-order valence-corrected chi connectivity index (χ3v) is 11.3. The number of aliphatic hydroxyl groups is 1. The average molecular weight is 790 g/mol. The summed E-state index contributed by atoms with van der Waals surface area (Å²) in [5, 5.41) is 12.7. The van der Waals surface area contributed by atoms with Gasteiger partial charge in [0.15, 0.2) is 0 Å². The number of ether oxygens (including phenoxy) is 1. The lowest BCUT2D eigenvalue weighted by molar-refractivity contribution is -0.147. The number of phosphoric acid groups is 1. The summed E-state index contributed by atoms with van der Waals surface area (Å²) in [7, 11) is -4.41. The molecule has 0 spiro atoms. The van der Waals surface area contributed by atoms with E-state index in [1.807, 2.05) is 0 Å². The number of hydrogen-bond acceptors (Lipinski definition) is 7. The molecule has 0 saturated carbocycles. The van der Waals surface area contributed by atoms with Crippen LogP contribution in [0.25, 0.3) is 0 Å². The molecule has 0 aliphatic carbocycles. The van der Waals surface area contributed by atoms with Crippen LogP contribution in [0.5, 0.6) is 0 Å². The van der Waals surface area contributed by atoms with Crippen molar-refractivity contribution in [1.82, 2.24) is 5.32 Å². The first-order valence-electron chi connectivity index (χ1n) is 23.0. The maximum Gasteiger partial charge on any atom is 0.472 e. The highest BCUT2D eigenvalue weighted by atomic mass is 31.2. The van der Waals surface area contributed by atoms with Crippen LogP contribution < -0.4 is 5.32 Å². The highest BCUT2D eigenvalue weighted by Gasteiger charge is 2.23. The van der Waals surface area contributed by atoms with Crippen molar-refractivity contribution in [3.8, 4) is 0 Å². The molecule has 2 atom stereocenters. The zero-order valence-electron chi connectivity index (χ0n) is 35.4. The Morgan fingerprint density at radius 3 is 1.20 bits per heavy atom. The fourth-order valence-corrected chi connectivity index (χ4v) is 7.55. The molecule has 0 fully saturated rings. The predicted molar refractivity (Wildman–Crippen MR) is 225 cm³/mol. The standard InChI is InChI=1S/C44H88NO8P/c1-3-5-7-9-11-13-15-17-19-20-21-23-25-27-29-31-33-35-37-44(48)51-40-42(46)41-53-54(49,50)52-39-38-45-43(47)36-34-32-30-28-26-24-22-18-16-14-12-10-8-6-4-2/h42,46H,3-41H2,1-2H3,(H,45,47)(H,49,50). The SMILES string of the molecule is CCCCCCCCCCCCCCCCCCCCC(=O)OCC(O)COP(=O)(O)OCCNC(=O)CCCCCCCCCCCCCCCCC. The van der Waals surface area contributed by atoms with Crippen LogP contribution in [0.1, 0.15) is 239 Å². The van der Waals surface area contributed by atoms with Crippen LogP contribution in [0.15, 0.2) is 0 Å². The van der Waals surface area contributed by atoms with Crippen molar-refractivity contribution in [3.63, 3.8) is 0 Å². The normalized spacial score (nSPS) is 13.2. The predicted octanol–water partition coefficient (Wildman–Crippen LogP) is 12.8. The number of carbonyl (C=O) groups excluding carboxylic acids is 2. The highest BCUT2D eigenvalue weighted by molar-refractivity contribution is 7.47. The van der Waals surface area contributed by atoms with E-state index >= 15 is 0 Å². The third kappa shape index (κ3) is 42.2. The van der Waals surface area contributed by atoms with Crippen molar-refractivity contribution in [2.24, 2.45) is 0 Å². The Hall–Kier alpha value is -0.990. The fraction of sp³-hybridized carbons (Fsp3) is 0.955. The second kappa shape index (κ2) is 41.6. The number of aliphatic hydroxyl groups excluding tert-OH is 1. The van der Waals surface area contributed by atoms with Crippen LogP contribution in [0.4, 0.5) is 0 Å². The molecule has 0 bridgehead atoms. The summed E-state index contributed by atoms with van der Waals surface area (Å²) in [5.41, 5.74) is 0. The van der Waals surface area contributed by atoms with Gasteiger partial charge >= 0.3 is 13.8 Å². The van der Waals surface area contributed by atoms with Crippen LogP contribution in [0.2, 0.25) is 0 Å². The van der Waals surface area contributed by atoms with Crippen molar-refractivity contribution in [1.29, 1.82) is 0 Å². The van der Waals surface area contributed by atoms with E-state index in [4.69, 9.17) is 13.8 Å². The molecule has 3 N–H and O–H groups in total. The van der Waals surface area contributed by atoms with Crippen molar-refractivity contribution < 1.29 is 37.9 Å². The average Bonchev–Trinajstić information content (AvgIpc) is 3.16. The van der Waals surface area contributed by atoms with E-state index in [1.165, 1.54) is 173 Å². The van der Waals surface area contributed by atoms with Crippen LogP contribution in [0.3, 0.4) is 0 Å². The Kier molecular flexibility index (Phi) is 40.9. The Bertz CT molecular complexity index is 860. The molecular weight excluding hydrogens is 701 g/mol. The molecule has 0 aliphatic rings. The molecule has 2 unspecified atom stereocenters. The van der Waals surface area contributed by atoms with Gasteiger partial charge in [0.25, 0.3) is 0 Å². The van der Waals surface area contributed by atoms with Crippen LogP contribution >= 0.6 is 7.82 Å². The van der Waals surface area contributed by atoms with Gasteiger partial charge in [-0.25, -0.2) is 4.57 Å². The molecule has 54 heavy (non-hydrogen) atoms. The largest absolute Gasteiger partial charge is 0.472 e. The summed E-state index contributed by atoms with van der Waals surface area (Å²) in [6.07, 6.45) is 41.7. The second-order valence-electron chi connectivity index (χ2n) is 15.7. The lowest BCUT2D eigenvalue weighted by atomic mass is 10.0. The number of esters is 1. The van der Waals surface area contributed by atoms with Gasteiger partial charge in [-0.3, -0.25) is 18.6 Å². The Morgan fingerprint density at radius 2 is 0.833 bits per heavy atom. The Labute approximate surface area is 333 Å². The molecule has 1 amide bonds. The first-order valence-corrected chi connectivity index (χ1v) is 24.5. The zero-order valence-corrected chi connectivity index (χ0v) is 36.3. The monoisotopic (exact) mass is 790 g/mol. The Balaban J connectivity index is 3.53. The number of unbranched alkanes of at least 4 members (excludes halogenated alkanes) is 31. The maximum absolute atomic E-state index is 12.1. The number of hydrogen-bond donors (Lipinski definition) is 3. The number of carbonyl (C=O) groups is 2. The van der Waals surface area contributed by atoms with E-state index in [0.29, 0.717) is 12.8 Å². The van der Waals surface area contributed by atoms with Crippen molar-refractivity contribution >= 4 is 19.7 Å². The summed E-state index contributed by atoms with van der Waals surface area (Å²) in [5.74, 6) is -0.502. The second-order valence-corrected chi connectivity index (χ2v) is 17.2. The number of phosphoric ester groups is 1. The van der Waals surface area contributed by atoms with Crippen LogP contribution in [-0.2, 0) is 27.9 Å². The van der Waals surface area contributed by atoms with E-state index in [1.54, 1.807) is 0 Å². The van der Waals surface area contributed by atoms with Gasteiger partial charge in [0.2, 0.25) is 5.91 Å². The minimum Gasteiger partial charge on any atom is -0.463 e. The van der Waals surface area contributed by atoms with Gasteiger partial charge < -0.3 is 20.1 Å². The van der Waals surface area contributed by atoms with Crippen molar-refractivity contribution in [2.75, 3.05) is 26.4 Å². The topological polar surface area (TPSA) is 131 Å². The minimum atomic E-state index is -4.41. The Morgan fingerprint density at radius 1 is 0.500 bits per heavy atom. The van der Waals surface area contributed by atoms with Crippen molar-refractivity contribution in [3.05, 3.63) is 0 Å². The van der Waals surface area contributed by atoms with E-state index in [9.17, 15) is 24.2 Å². The molecule has 0 aromatic rings. The van der Waals surface area contributed by atoms with E-state index in [-0.39, 0.29) is 25.7 Å². The summed E-state index contributed by atoms with van der Waals surface area (Å²) in [4.78, 5) is 33.9. The lowest BCUT2D eigenvalue weighted by Gasteiger charge is -2.15. The third-order valence-electron chi connectivity index (χ3n) is 10.3. The summed E-state index contributed by atoms with van der Waals surface area (Å²) in [6.45, 7) is 3.61. The van der Waals surface area contributed by atoms with Crippen molar-refractivity contribution in [2.45, 2.75) is 245 Å². The van der Waals surface area contributed by atoms with Gasteiger partial charge in [-0.2, -0.15) is 0 Å². The van der Waals surface area contributed by atoms with E-state index in [2.05, 4.69) is 19.2 Å². The lowest BCUT2D eigenvalue weighted by Crippen LogP contribution is -2.27. The fourth-order valence-electron chi connectivity index (χ4n) is 6.79. The molecule has 0 heterocycles. The van der Waals surface area contributed by atoms with E-state index in [0.717, 1.165) is 38.5 Å². The first kappa shape index (κ1) is 53.0. The molecule has 9 nitrogen and oxygen atoms in total. The molecule has 322 valence electrons. The molecule has 10 heteroatoms. The summed E-state index contributed by atoms with van der Waals surface area (Å²) >= 11 is 0. The first-order chi connectivity index (χ1) is 26.3. The van der Waals surface area contributed by atoms with Crippen LogP contribution in [0, 0.1) is 0 Å². The quantitative estimate of drug-likeness (QED) is 0.0316. The molecule has 0 saturated heterocycles. The molecule has 0 aromatic heterocycles. The van der Waals surface area contributed by atoms with Gasteiger partial charge in [-0.1, -0.05) is 213 Å². The molecule has 0 aromatic carbocycles. The molecule has 0 aliphatic heterocycles. The number of nitrogens with one attached hydrogen (secondary N) is 1. The maximum atomic E-state index is 12.1. The molecule has 0 radical (unpaired) electrons. The van der Waals surface area contributed by atoms with Gasteiger partial charge in [0.05, 0.1) is 13.2 Å². The van der Waals surface area contributed by atoms with Crippen LogP contribution in [-0.4, -0.2) is 54.3 Å². The highest BCUT2D eigenvalue weighted by Crippen LogP contribution is 2.42. The van der Waals surface area contributed by atoms with Gasteiger partial charge in [0.1, 0.15) is 12.7 Å². The molecule has 0 rings (SSSR count). The summed E-state index contributed by atoms with van der Waals surface area (Å²) < 4.78 is 26.9. The van der Waals surface area contributed by atoms with Gasteiger partial charge in [-0.05, 0) is 12.8 Å². The molecular formula is C44H88NO8P. The zero-order chi connectivity index (χ0) is 39.6. The van der Waals surface area contributed by atoms with E-state index < -0.39 is 26.5 Å². The van der Waals surface area contributed by atoms with Gasteiger partial charge in [-0.15, -0.1) is 0 Å². The minimum absolute atomic E-state index is 0.0884. The smallest absolute Gasteiger partial charge is 0.463 e. The summed E-state index contributed by atoms with van der Waals surface area (Å²) in [6, 6.07) is 0. The number of amides is 1. The number of rotatable bonds is 44.